The van der Waals surface area contributed by atoms with Gasteiger partial charge in [0, 0.05) is 25.0 Å². The first-order chi connectivity index (χ1) is 6.70. The summed E-state index contributed by atoms with van der Waals surface area (Å²) in [5, 5.41) is 23.0. The molecule has 4 nitrogen and oxygen atoms in total. The Morgan fingerprint density at radius 3 is 2.71 bits per heavy atom. The maximum atomic E-state index is 9.15. The summed E-state index contributed by atoms with van der Waals surface area (Å²) in [5.74, 6) is 0.850. The summed E-state index contributed by atoms with van der Waals surface area (Å²) in [6.45, 7) is 2.13. The molecule has 0 unspecified atom stereocenters. The van der Waals surface area contributed by atoms with Gasteiger partial charge in [0.2, 0.25) is 0 Å². The van der Waals surface area contributed by atoms with Gasteiger partial charge in [-0.1, -0.05) is 0 Å². The van der Waals surface area contributed by atoms with Gasteiger partial charge in [-0.15, -0.1) is 11.8 Å². The van der Waals surface area contributed by atoms with Crippen molar-refractivity contribution in [3.05, 3.63) is 11.3 Å². The average Bonchev–Trinajstić information content (AvgIpc) is 2.42. The number of aliphatic hydroxyl groups is 2. The quantitative estimate of drug-likeness (QED) is 0.562. The number of aromatic nitrogens is 2. The number of rotatable bonds is 5. The first-order valence-corrected chi connectivity index (χ1v) is 5.56. The number of aliphatic hydroxyl groups excluding tert-OH is 2. The maximum Gasteiger partial charge on any atom is 0.0994 e. The van der Waals surface area contributed by atoms with E-state index in [0.29, 0.717) is 0 Å². The summed E-state index contributed by atoms with van der Waals surface area (Å²) in [4.78, 5) is 0. The van der Waals surface area contributed by atoms with Crippen LogP contribution in [0.5, 0.6) is 0 Å². The fourth-order valence-corrected chi connectivity index (χ4v) is 2.36. The Labute approximate surface area is 87.9 Å². The van der Waals surface area contributed by atoms with E-state index in [1.165, 1.54) is 0 Å². The third-order valence-corrected chi connectivity index (χ3v) is 3.27. The highest BCUT2D eigenvalue weighted by Crippen LogP contribution is 2.25. The van der Waals surface area contributed by atoms with Crippen LogP contribution in [0.2, 0.25) is 0 Å². The molecule has 1 rings (SSSR count). The molecular weight excluding hydrogens is 200 g/mol. The lowest BCUT2D eigenvalue weighted by Crippen LogP contribution is -1.95. The van der Waals surface area contributed by atoms with Crippen LogP contribution in [-0.4, -0.2) is 32.4 Å². The molecule has 0 aromatic carbocycles. The van der Waals surface area contributed by atoms with Crippen molar-refractivity contribution in [2.75, 3.05) is 12.4 Å². The normalized spacial score (nSPS) is 10.9. The smallest absolute Gasteiger partial charge is 0.0994 e. The topological polar surface area (TPSA) is 58.3 Å². The molecule has 0 radical (unpaired) electrons. The van der Waals surface area contributed by atoms with Crippen LogP contribution in [0.1, 0.15) is 17.7 Å². The van der Waals surface area contributed by atoms with E-state index in [0.717, 1.165) is 28.5 Å². The fraction of sp³-hybridized carbons (Fsp3) is 0.667. The molecule has 5 heteroatoms. The number of aryl methyl sites for hydroxylation is 2. The van der Waals surface area contributed by atoms with Gasteiger partial charge in [-0.25, -0.2) is 0 Å². The molecule has 0 saturated heterocycles. The largest absolute Gasteiger partial charge is 0.396 e. The molecule has 14 heavy (non-hydrogen) atoms. The van der Waals surface area contributed by atoms with Crippen molar-refractivity contribution in [2.45, 2.75) is 25.0 Å². The third kappa shape index (κ3) is 2.50. The van der Waals surface area contributed by atoms with Crippen LogP contribution >= 0.6 is 11.8 Å². The van der Waals surface area contributed by atoms with Crippen LogP contribution < -0.4 is 0 Å². The highest BCUT2D eigenvalue weighted by Gasteiger charge is 2.11. The second-order valence-corrected chi connectivity index (χ2v) is 4.16. The van der Waals surface area contributed by atoms with Gasteiger partial charge >= 0.3 is 0 Å². The lowest BCUT2D eigenvalue weighted by atomic mass is 10.3. The minimum Gasteiger partial charge on any atom is -0.396 e. The molecule has 2 N–H and O–H groups in total. The van der Waals surface area contributed by atoms with Gasteiger partial charge in [0.1, 0.15) is 0 Å². The predicted octanol–water partition coefficient (Wildman–Crippen LogP) is 0.695. The van der Waals surface area contributed by atoms with Crippen LogP contribution in [-0.2, 0) is 13.7 Å². The highest BCUT2D eigenvalue weighted by molar-refractivity contribution is 7.99. The van der Waals surface area contributed by atoms with Crippen LogP contribution in [0.15, 0.2) is 5.03 Å². The third-order valence-electron chi connectivity index (χ3n) is 1.99. The fourth-order valence-electron chi connectivity index (χ4n) is 1.28. The molecule has 1 aromatic rings. The first kappa shape index (κ1) is 11.6. The van der Waals surface area contributed by atoms with Gasteiger partial charge in [-0.3, -0.25) is 4.68 Å². The molecule has 0 atom stereocenters. The van der Waals surface area contributed by atoms with Gasteiger partial charge in [0.25, 0.3) is 0 Å². The molecule has 0 aliphatic heterocycles. The number of hydrogen-bond donors (Lipinski definition) is 2. The van der Waals surface area contributed by atoms with E-state index >= 15 is 0 Å². The van der Waals surface area contributed by atoms with Crippen molar-refractivity contribution in [2.24, 2.45) is 7.05 Å². The van der Waals surface area contributed by atoms with Crippen molar-refractivity contribution >= 4 is 11.8 Å². The van der Waals surface area contributed by atoms with E-state index in [1.54, 1.807) is 16.4 Å². The van der Waals surface area contributed by atoms with Gasteiger partial charge in [-0.05, 0) is 13.3 Å². The monoisotopic (exact) mass is 216 g/mol. The second-order valence-electron chi connectivity index (χ2n) is 3.08. The van der Waals surface area contributed by atoms with E-state index in [1.807, 2.05) is 14.0 Å². The molecule has 1 aromatic heterocycles. The summed E-state index contributed by atoms with van der Waals surface area (Å²) >= 11 is 1.62. The molecule has 80 valence electrons. The Balaban J connectivity index is 2.73. The number of nitrogens with zero attached hydrogens (tertiary/aromatic N) is 2. The molecule has 0 saturated carbocycles. The van der Waals surface area contributed by atoms with E-state index in [4.69, 9.17) is 10.2 Å². The highest BCUT2D eigenvalue weighted by atomic mass is 32.2. The van der Waals surface area contributed by atoms with Crippen molar-refractivity contribution in [3.8, 4) is 0 Å². The Hall–Kier alpha value is -0.520. The Kier molecular flexibility index (Phi) is 4.44. The zero-order valence-corrected chi connectivity index (χ0v) is 9.34. The minimum absolute atomic E-state index is 0.0289. The van der Waals surface area contributed by atoms with Gasteiger partial charge in [0.05, 0.1) is 17.3 Å². The van der Waals surface area contributed by atoms with Crippen LogP contribution in [0.3, 0.4) is 0 Å². The lowest BCUT2D eigenvalue weighted by molar-refractivity contribution is 0.277. The van der Waals surface area contributed by atoms with Crippen molar-refractivity contribution in [1.29, 1.82) is 0 Å². The summed E-state index contributed by atoms with van der Waals surface area (Å²) in [5.41, 5.74) is 1.77. The summed E-state index contributed by atoms with van der Waals surface area (Å²) in [6, 6.07) is 0. The van der Waals surface area contributed by atoms with Crippen molar-refractivity contribution < 1.29 is 10.2 Å². The zero-order chi connectivity index (χ0) is 10.6. The number of thioether (sulfide) groups is 1. The standard InChI is InChI=1S/C9H16N2O2S/c1-7-8(6-13)9(11(2)10-7)14-5-3-4-12/h12-13H,3-6H2,1-2H3. The zero-order valence-electron chi connectivity index (χ0n) is 8.53. The molecule has 0 spiro atoms. The van der Waals surface area contributed by atoms with Crippen LogP contribution in [0.4, 0.5) is 0 Å². The minimum atomic E-state index is 0.0289. The summed E-state index contributed by atoms with van der Waals surface area (Å²) in [7, 11) is 1.87. The van der Waals surface area contributed by atoms with Gasteiger partial charge < -0.3 is 10.2 Å². The molecular formula is C9H16N2O2S. The average molecular weight is 216 g/mol. The Morgan fingerprint density at radius 2 is 2.14 bits per heavy atom. The predicted molar refractivity (Wildman–Crippen MR) is 56.3 cm³/mol. The Morgan fingerprint density at radius 1 is 1.43 bits per heavy atom. The van der Waals surface area contributed by atoms with E-state index in [2.05, 4.69) is 5.10 Å². The summed E-state index contributed by atoms with van der Waals surface area (Å²) < 4.78 is 1.78. The molecule has 0 amide bonds. The Bertz CT molecular complexity index is 299. The van der Waals surface area contributed by atoms with Crippen LogP contribution in [0.25, 0.3) is 0 Å². The van der Waals surface area contributed by atoms with Gasteiger partial charge in [0.15, 0.2) is 0 Å². The molecule has 0 aliphatic rings. The van der Waals surface area contributed by atoms with Crippen LogP contribution in [0, 0.1) is 6.92 Å². The van der Waals surface area contributed by atoms with Crippen molar-refractivity contribution in [3.63, 3.8) is 0 Å². The van der Waals surface area contributed by atoms with E-state index in [-0.39, 0.29) is 13.2 Å². The lowest BCUT2D eigenvalue weighted by Gasteiger charge is -2.03. The van der Waals surface area contributed by atoms with E-state index < -0.39 is 0 Å². The molecule has 0 aliphatic carbocycles. The molecule has 0 fully saturated rings. The molecule has 1 heterocycles. The SMILES string of the molecule is Cc1nn(C)c(SCCCO)c1CO. The first-order valence-electron chi connectivity index (χ1n) is 4.57. The van der Waals surface area contributed by atoms with Crippen molar-refractivity contribution in [1.82, 2.24) is 9.78 Å². The second kappa shape index (κ2) is 5.38. The maximum absolute atomic E-state index is 9.15. The molecule has 0 bridgehead atoms. The summed E-state index contributed by atoms with van der Waals surface area (Å²) in [6.07, 6.45) is 0.764. The van der Waals surface area contributed by atoms with Gasteiger partial charge in [-0.2, -0.15) is 5.10 Å². The van der Waals surface area contributed by atoms with E-state index in [9.17, 15) is 0 Å². The number of hydrogen-bond acceptors (Lipinski definition) is 4.